The molecule has 0 N–H and O–H groups in total. The highest BCUT2D eigenvalue weighted by Crippen LogP contribution is 2.54. The Hall–Kier alpha value is -5.66. The van der Waals surface area contributed by atoms with Gasteiger partial charge in [0.25, 0.3) is 0 Å². The zero-order chi connectivity index (χ0) is 30.8. The second-order valence-corrected chi connectivity index (χ2v) is 12.9. The topological polar surface area (TPSA) is 3.24 Å². The largest absolute Gasteiger partial charge is 0.310 e. The number of nitrogens with zero attached hydrogens (tertiary/aromatic N) is 1. The summed E-state index contributed by atoms with van der Waals surface area (Å²) in [5.41, 5.74) is 11.3. The van der Waals surface area contributed by atoms with E-state index in [0.717, 1.165) is 11.4 Å². The smallest absolute Gasteiger partial charge is 0.0543 e. The highest BCUT2D eigenvalue weighted by molar-refractivity contribution is 6.23. The van der Waals surface area contributed by atoms with E-state index < -0.39 is 0 Å². The molecule has 0 radical (unpaired) electrons. The van der Waals surface area contributed by atoms with Crippen LogP contribution >= 0.6 is 0 Å². The van der Waals surface area contributed by atoms with Gasteiger partial charge in [0.15, 0.2) is 0 Å². The van der Waals surface area contributed by atoms with Gasteiger partial charge in [-0.05, 0) is 96.5 Å². The number of para-hydroxylation sites is 1. The van der Waals surface area contributed by atoms with Gasteiger partial charge in [0.05, 0.1) is 5.69 Å². The predicted molar refractivity (Wildman–Crippen MR) is 197 cm³/mol. The van der Waals surface area contributed by atoms with Gasteiger partial charge in [-0.25, -0.2) is 0 Å². The Kier molecular flexibility index (Phi) is 5.92. The highest BCUT2D eigenvalue weighted by atomic mass is 15.1. The van der Waals surface area contributed by atoms with Crippen LogP contribution in [0.5, 0.6) is 0 Å². The molecule has 1 heteroatoms. The fraction of sp³-hybridized carbons (Fsp3) is 0.0667. The van der Waals surface area contributed by atoms with E-state index in [4.69, 9.17) is 0 Å². The maximum absolute atomic E-state index is 2.42. The van der Waals surface area contributed by atoms with Crippen molar-refractivity contribution in [1.29, 1.82) is 0 Å². The van der Waals surface area contributed by atoms with Crippen LogP contribution in [0.3, 0.4) is 0 Å². The summed E-state index contributed by atoms with van der Waals surface area (Å²) in [6, 6.07) is 60.1. The summed E-state index contributed by atoms with van der Waals surface area (Å²) in [5, 5.41) is 7.74. The molecule has 0 fully saturated rings. The Morgan fingerprint density at radius 2 is 1.07 bits per heavy atom. The lowest BCUT2D eigenvalue weighted by molar-refractivity contribution is 0.660. The minimum atomic E-state index is -0.0589. The van der Waals surface area contributed by atoms with Crippen LogP contribution in [0.4, 0.5) is 17.1 Å². The molecule has 1 aliphatic rings. The van der Waals surface area contributed by atoms with Gasteiger partial charge in [-0.15, -0.1) is 0 Å². The molecule has 0 saturated heterocycles. The van der Waals surface area contributed by atoms with E-state index in [1.807, 2.05) is 0 Å². The van der Waals surface area contributed by atoms with E-state index >= 15 is 0 Å². The van der Waals surface area contributed by atoms with Crippen molar-refractivity contribution in [1.82, 2.24) is 0 Å². The Balaban J connectivity index is 1.22. The number of hydrogen-bond acceptors (Lipinski definition) is 1. The maximum Gasteiger partial charge on any atom is 0.0543 e. The molecule has 1 aliphatic carbocycles. The molecule has 0 bridgehead atoms. The Labute approximate surface area is 270 Å². The van der Waals surface area contributed by atoms with Gasteiger partial charge < -0.3 is 4.90 Å². The molecular weight excluding hydrogens is 555 g/mol. The molecule has 0 aliphatic heterocycles. The summed E-state index contributed by atoms with van der Waals surface area (Å²) in [6.45, 7) is 4.69. The lowest BCUT2D eigenvalue weighted by Crippen LogP contribution is -2.16. The zero-order valence-electron chi connectivity index (χ0n) is 26.0. The van der Waals surface area contributed by atoms with Crippen molar-refractivity contribution < 1.29 is 0 Å². The van der Waals surface area contributed by atoms with Gasteiger partial charge >= 0.3 is 0 Å². The third kappa shape index (κ3) is 3.95. The number of hydrogen-bond donors (Lipinski definition) is 0. The molecule has 0 saturated carbocycles. The zero-order valence-corrected chi connectivity index (χ0v) is 26.0. The first-order chi connectivity index (χ1) is 22.6. The van der Waals surface area contributed by atoms with Crippen molar-refractivity contribution in [3.8, 4) is 22.3 Å². The summed E-state index contributed by atoms with van der Waals surface area (Å²) in [7, 11) is 0. The molecular formula is C45H33N. The quantitative estimate of drug-likeness (QED) is 0.185. The average molecular weight is 588 g/mol. The second-order valence-electron chi connectivity index (χ2n) is 12.9. The van der Waals surface area contributed by atoms with E-state index in [9.17, 15) is 0 Å². The number of anilines is 3. The molecule has 0 spiro atoms. The second kappa shape index (κ2) is 10.2. The van der Waals surface area contributed by atoms with Crippen molar-refractivity contribution in [2.24, 2.45) is 0 Å². The first-order valence-electron chi connectivity index (χ1n) is 16.1. The highest BCUT2D eigenvalue weighted by Gasteiger charge is 2.37. The molecule has 0 unspecified atom stereocenters. The summed E-state index contributed by atoms with van der Waals surface area (Å²) in [5.74, 6) is 0. The van der Waals surface area contributed by atoms with Crippen LogP contribution in [-0.4, -0.2) is 0 Å². The maximum atomic E-state index is 2.42. The van der Waals surface area contributed by atoms with E-state index in [2.05, 4.69) is 183 Å². The van der Waals surface area contributed by atoms with Crippen LogP contribution < -0.4 is 4.90 Å². The Bertz CT molecular complexity index is 2430. The van der Waals surface area contributed by atoms with Gasteiger partial charge in [-0.2, -0.15) is 0 Å². The predicted octanol–water partition coefficient (Wildman–Crippen LogP) is 12.6. The molecule has 0 atom stereocenters. The van der Waals surface area contributed by atoms with E-state index in [1.165, 1.54) is 71.4 Å². The number of benzene rings is 8. The van der Waals surface area contributed by atoms with E-state index in [-0.39, 0.29) is 5.41 Å². The van der Waals surface area contributed by atoms with Crippen molar-refractivity contribution in [2.45, 2.75) is 19.3 Å². The third-order valence-corrected chi connectivity index (χ3v) is 10.0. The van der Waals surface area contributed by atoms with Gasteiger partial charge in [0.2, 0.25) is 0 Å². The number of rotatable bonds is 4. The monoisotopic (exact) mass is 587 g/mol. The first kappa shape index (κ1) is 26.7. The molecule has 46 heavy (non-hydrogen) atoms. The fourth-order valence-electron chi connectivity index (χ4n) is 7.83. The molecule has 218 valence electrons. The lowest BCUT2D eigenvalue weighted by atomic mass is 9.82. The third-order valence-electron chi connectivity index (χ3n) is 10.0. The van der Waals surface area contributed by atoms with Gasteiger partial charge in [0, 0.05) is 22.4 Å². The average Bonchev–Trinajstić information content (AvgIpc) is 3.35. The first-order valence-corrected chi connectivity index (χ1v) is 16.1. The van der Waals surface area contributed by atoms with Gasteiger partial charge in [-0.1, -0.05) is 141 Å². The molecule has 1 nitrogen and oxygen atoms in total. The SMILES string of the molecule is CC1(C)c2ccccc2-c2c(N(c3ccccc3)c3ccc(-c4cc5ccc6ccccc6c5c5ccccc45)cc3)cccc21. The Morgan fingerprint density at radius 3 is 1.89 bits per heavy atom. The van der Waals surface area contributed by atoms with E-state index in [0.29, 0.717) is 0 Å². The van der Waals surface area contributed by atoms with Crippen molar-refractivity contribution in [2.75, 3.05) is 4.90 Å². The summed E-state index contributed by atoms with van der Waals surface area (Å²) in [6.07, 6.45) is 0. The minimum Gasteiger partial charge on any atom is -0.310 e. The summed E-state index contributed by atoms with van der Waals surface area (Å²) < 4.78 is 0. The van der Waals surface area contributed by atoms with Crippen molar-refractivity contribution >= 4 is 49.4 Å². The molecule has 9 rings (SSSR count). The van der Waals surface area contributed by atoms with Crippen molar-refractivity contribution in [3.05, 3.63) is 175 Å². The molecule has 8 aromatic rings. The molecule has 8 aromatic carbocycles. The normalized spacial score (nSPS) is 13.2. The lowest BCUT2D eigenvalue weighted by Gasteiger charge is -2.29. The van der Waals surface area contributed by atoms with E-state index in [1.54, 1.807) is 0 Å². The van der Waals surface area contributed by atoms with Crippen LogP contribution in [0.15, 0.2) is 164 Å². The van der Waals surface area contributed by atoms with Crippen LogP contribution in [-0.2, 0) is 5.41 Å². The van der Waals surface area contributed by atoms with Crippen LogP contribution in [0.25, 0.3) is 54.6 Å². The summed E-state index contributed by atoms with van der Waals surface area (Å²) in [4.78, 5) is 2.42. The molecule has 0 heterocycles. The van der Waals surface area contributed by atoms with Gasteiger partial charge in [0.1, 0.15) is 0 Å². The summed E-state index contributed by atoms with van der Waals surface area (Å²) >= 11 is 0. The van der Waals surface area contributed by atoms with Crippen LogP contribution in [0.2, 0.25) is 0 Å². The van der Waals surface area contributed by atoms with Gasteiger partial charge in [-0.3, -0.25) is 0 Å². The molecule has 0 aromatic heterocycles. The minimum absolute atomic E-state index is 0.0589. The standard InChI is InChI=1S/C45H33N/c1-45(2)40-20-11-10-19-38(40)44-41(45)21-12-22-42(44)46(33-14-4-3-5-15-33)34-27-25-31(26-28-34)39-29-32-24-23-30-13-6-7-16-35(30)43(32)37-18-9-8-17-36(37)39/h3-29H,1-2H3. The van der Waals surface area contributed by atoms with Crippen LogP contribution in [0, 0.1) is 0 Å². The van der Waals surface area contributed by atoms with Crippen LogP contribution in [0.1, 0.15) is 25.0 Å². The molecule has 0 amide bonds. The number of fused-ring (bicyclic) bond motifs is 8. The Morgan fingerprint density at radius 1 is 0.435 bits per heavy atom. The van der Waals surface area contributed by atoms with Crippen molar-refractivity contribution in [3.63, 3.8) is 0 Å². The fourth-order valence-corrected chi connectivity index (χ4v) is 7.83.